The fraction of sp³-hybridized carbons (Fsp3) is 0.143. The Balaban J connectivity index is 2.41. The number of hydrogen-bond acceptors (Lipinski definition) is 1. The maximum Gasteiger partial charge on any atom is 0.165 e. The van der Waals surface area contributed by atoms with Gasteiger partial charge < -0.3 is 4.74 Å². The van der Waals surface area contributed by atoms with Crippen LogP contribution in [0.15, 0.2) is 40.9 Å². The summed E-state index contributed by atoms with van der Waals surface area (Å²) in [5.74, 6) is -0.0955. The first-order chi connectivity index (χ1) is 9.02. The lowest BCUT2D eigenvalue weighted by atomic mass is 10.0. The summed E-state index contributed by atoms with van der Waals surface area (Å²) in [4.78, 5) is -0.0580. The molecule has 0 bridgehead atoms. The summed E-state index contributed by atoms with van der Waals surface area (Å²) in [7, 11) is 1.46. The first kappa shape index (κ1) is 15.3. The van der Waals surface area contributed by atoms with Gasteiger partial charge in [-0.15, -0.1) is 0 Å². The molecule has 0 aliphatic carbocycles. The predicted molar refractivity (Wildman–Crippen MR) is 90.6 cm³/mol. The van der Waals surface area contributed by atoms with Crippen molar-refractivity contribution in [3.63, 3.8) is 0 Å². The standard InChI is InChI=1S/C14H10Br2FIO/c1-19-13-5-2-8(6-11(13)17)14(16)10-7-9(15)3-4-12(10)18/h2-7,14H,1H3. The van der Waals surface area contributed by atoms with Crippen LogP contribution >= 0.6 is 54.5 Å². The molecular formula is C14H10Br2FIO. The van der Waals surface area contributed by atoms with E-state index < -0.39 is 0 Å². The summed E-state index contributed by atoms with van der Waals surface area (Å²) in [6, 6.07) is 11.0. The summed E-state index contributed by atoms with van der Waals surface area (Å²) >= 11 is 9.36. The van der Waals surface area contributed by atoms with Crippen LogP contribution in [0.1, 0.15) is 16.0 Å². The quantitative estimate of drug-likeness (QED) is 0.390. The number of ether oxygens (including phenoxy) is 1. The fourth-order valence-corrected chi connectivity index (χ4v) is 3.85. The predicted octanol–water partition coefficient (Wildman–Crippen LogP) is 5.69. The molecule has 2 aromatic rings. The smallest absolute Gasteiger partial charge is 0.165 e. The molecule has 0 saturated carbocycles. The van der Waals surface area contributed by atoms with Gasteiger partial charge in [0.1, 0.15) is 0 Å². The second-order valence-electron chi connectivity index (χ2n) is 3.92. The lowest BCUT2D eigenvalue weighted by molar-refractivity contribution is 0.386. The Morgan fingerprint density at radius 1 is 1.21 bits per heavy atom. The van der Waals surface area contributed by atoms with Crippen molar-refractivity contribution in [2.24, 2.45) is 0 Å². The van der Waals surface area contributed by atoms with Crippen LogP contribution in [0.2, 0.25) is 0 Å². The van der Waals surface area contributed by atoms with E-state index in [2.05, 4.69) is 54.5 Å². The molecule has 0 saturated heterocycles. The maximum absolute atomic E-state index is 13.7. The third kappa shape index (κ3) is 3.49. The number of halogens is 4. The number of methoxy groups -OCH3 is 1. The first-order valence-corrected chi connectivity index (χ1v) is 8.24. The van der Waals surface area contributed by atoms with Crippen LogP contribution < -0.4 is 4.74 Å². The largest absolute Gasteiger partial charge is 0.494 e. The van der Waals surface area contributed by atoms with Crippen LogP contribution in [0.5, 0.6) is 5.75 Å². The van der Waals surface area contributed by atoms with Gasteiger partial charge >= 0.3 is 0 Å². The Bertz CT molecular complexity index is 604. The van der Waals surface area contributed by atoms with Crippen molar-refractivity contribution in [1.29, 1.82) is 0 Å². The zero-order valence-corrected chi connectivity index (χ0v) is 15.3. The molecule has 2 rings (SSSR count). The summed E-state index contributed by atoms with van der Waals surface area (Å²) in [6.07, 6.45) is 0. The van der Waals surface area contributed by atoms with E-state index in [0.717, 1.165) is 19.2 Å². The second-order valence-corrected chi connectivity index (χ2v) is 6.92. The van der Waals surface area contributed by atoms with Crippen LogP contribution in [0.3, 0.4) is 0 Å². The fourth-order valence-electron chi connectivity index (χ4n) is 1.73. The molecule has 0 heterocycles. The van der Waals surface area contributed by atoms with Crippen LogP contribution in [0, 0.1) is 9.39 Å². The van der Waals surface area contributed by atoms with Gasteiger partial charge in [0.2, 0.25) is 0 Å². The Morgan fingerprint density at radius 3 is 2.58 bits per heavy atom. The topological polar surface area (TPSA) is 9.23 Å². The van der Waals surface area contributed by atoms with Gasteiger partial charge in [0.05, 0.1) is 11.9 Å². The minimum atomic E-state index is -0.352. The van der Waals surface area contributed by atoms with Gasteiger partial charge in [0, 0.05) is 8.04 Å². The zero-order valence-electron chi connectivity index (χ0n) is 9.96. The van der Waals surface area contributed by atoms with Crippen molar-refractivity contribution in [2.75, 3.05) is 7.11 Å². The zero-order chi connectivity index (χ0) is 14.0. The maximum atomic E-state index is 13.7. The molecule has 5 heteroatoms. The van der Waals surface area contributed by atoms with E-state index in [1.165, 1.54) is 13.2 Å². The van der Waals surface area contributed by atoms with Crippen molar-refractivity contribution in [1.82, 2.24) is 0 Å². The van der Waals surface area contributed by atoms with E-state index in [-0.39, 0.29) is 16.4 Å². The Morgan fingerprint density at radius 2 is 1.95 bits per heavy atom. The molecule has 0 spiro atoms. The third-order valence-corrected chi connectivity index (χ3v) is 5.20. The van der Waals surface area contributed by atoms with E-state index in [9.17, 15) is 4.39 Å². The van der Waals surface area contributed by atoms with Gasteiger partial charge in [0.25, 0.3) is 0 Å². The van der Waals surface area contributed by atoms with Crippen LogP contribution in [0.25, 0.3) is 0 Å². The van der Waals surface area contributed by atoms with Crippen LogP contribution in [0.4, 0.5) is 4.39 Å². The molecule has 1 nitrogen and oxygen atoms in total. The Hall–Kier alpha value is -0.140. The van der Waals surface area contributed by atoms with Gasteiger partial charge in [-0.2, -0.15) is 0 Å². The van der Waals surface area contributed by atoms with E-state index in [0.29, 0.717) is 0 Å². The normalized spacial score (nSPS) is 12.3. The molecule has 1 unspecified atom stereocenters. The van der Waals surface area contributed by atoms with Gasteiger partial charge in [-0.1, -0.05) is 37.9 Å². The van der Waals surface area contributed by atoms with Gasteiger partial charge in [-0.05, 0) is 64.0 Å². The Labute approximate surface area is 141 Å². The summed E-state index contributed by atoms with van der Waals surface area (Å²) in [5, 5.41) is 0. The van der Waals surface area contributed by atoms with Gasteiger partial charge in [-0.3, -0.25) is 0 Å². The molecule has 2 aromatic carbocycles. The van der Waals surface area contributed by atoms with E-state index in [1.54, 1.807) is 6.07 Å². The highest BCUT2D eigenvalue weighted by Crippen LogP contribution is 2.36. The highest BCUT2D eigenvalue weighted by molar-refractivity contribution is 14.1. The molecule has 0 aliphatic rings. The van der Waals surface area contributed by atoms with Crippen molar-refractivity contribution in [2.45, 2.75) is 4.83 Å². The first-order valence-electron chi connectivity index (χ1n) is 5.45. The van der Waals surface area contributed by atoms with Crippen LogP contribution in [-0.2, 0) is 0 Å². The summed E-state index contributed by atoms with van der Waals surface area (Å²) in [6.45, 7) is 0. The average molecular weight is 500 g/mol. The van der Waals surface area contributed by atoms with Crippen molar-refractivity contribution < 1.29 is 9.13 Å². The monoisotopic (exact) mass is 498 g/mol. The molecule has 0 aliphatic heterocycles. The Kier molecular flexibility index (Phi) is 5.25. The summed E-state index contributed by atoms with van der Waals surface area (Å²) in [5.41, 5.74) is 1.95. The van der Waals surface area contributed by atoms with Crippen molar-refractivity contribution in [3.8, 4) is 5.75 Å². The highest BCUT2D eigenvalue weighted by atomic mass is 127. The van der Waals surface area contributed by atoms with E-state index >= 15 is 0 Å². The molecule has 0 fully saturated rings. The van der Waals surface area contributed by atoms with E-state index in [1.807, 2.05) is 24.3 Å². The molecule has 100 valence electrons. The molecule has 19 heavy (non-hydrogen) atoms. The van der Waals surface area contributed by atoms with E-state index in [4.69, 9.17) is 4.74 Å². The summed E-state index contributed by atoms with van der Waals surface area (Å²) < 4.78 is 20.8. The molecule has 0 N–H and O–H groups in total. The molecule has 0 aromatic heterocycles. The number of benzene rings is 2. The minimum absolute atomic E-state index is 0.0580. The van der Waals surface area contributed by atoms with Gasteiger partial charge in [0.15, 0.2) is 11.6 Å². The second kappa shape index (κ2) is 6.54. The van der Waals surface area contributed by atoms with Gasteiger partial charge in [-0.25, -0.2) is 4.39 Å². The van der Waals surface area contributed by atoms with Crippen LogP contribution in [-0.4, -0.2) is 7.11 Å². The van der Waals surface area contributed by atoms with Crippen molar-refractivity contribution in [3.05, 3.63) is 61.4 Å². The molecule has 0 amide bonds. The minimum Gasteiger partial charge on any atom is -0.494 e. The average Bonchev–Trinajstić information content (AvgIpc) is 2.40. The third-order valence-electron chi connectivity index (χ3n) is 2.70. The molecular weight excluding hydrogens is 490 g/mol. The number of rotatable bonds is 3. The van der Waals surface area contributed by atoms with Crippen molar-refractivity contribution >= 4 is 54.5 Å². The SMILES string of the molecule is COc1ccc(C(Br)c2cc(Br)ccc2I)cc1F. The molecule has 1 atom stereocenters. The lowest BCUT2D eigenvalue weighted by Gasteiger charge is -2.14. The highest BCUT2D eigenvalue weighted by Gasteiger charge is 2.16. The lowest BCUT2D eigenvalue weighted by Crippen LogP contribution is -1.98. The molecule has 0 radical (unpaired) electrons. The number of hydrogen-bond donors (Lipinski definition) is 0. The number of alkyl halides is 1.